The molecule has 1 rings (SSSR count). The molecular formula is C10H12I2O2S. The van der Waals surface area contributed by atoms with Gasteiger partial charge in [-0.2, -0.15) is 0 Å². The van der Waals surface area contributed by atoms with E-state index in [1.165, 1.54) is 5.56 Å². The van der Waals surface area contributed by atoms with Crippen LogP contribution < -0.4 is 0 Å². The van der Waals surface area contributed by atoms with Gasteiger partial charge in [-0.25, -0.2) is 8.42 Å². The lowest BCUT2D eigenvalue weighted by Gasteiger charge is -2.04. The number of benzene rings is 1. The Kier molecular flexibility index (Phi) is 5.83. The Hall–Kier alpha value is 0.630. The summed E-state index contributed by atoms with van der Waals surface area (Å²) < 4.78 is 22.7. The van der Waals surface area contributed by atoms with Crippen LogP contribution in [0.4, 0.5) is 0 Å². The Morgan fingerprint density at radius 1 is 1.13 bits per heavy atom. The van der Waals surface area contributed by atoms with Gasteiger partial charge in [0.2, 0.25) is 0 Å². The molecule has 0 spiro atoms. The first-order valence-electron chi connectivity index (χ1n) is 4.56. The van der Waals surface area contributed by atoms with Crippen LogP contribution in [0.1, 0.15) is 12.0 Å². The first kappa shape index (κ1) is 13.7. The maximum absolute atomic E-state index is 11.5. The largest absolute Gasteiger partial charge is 0.227 e. The van der Waals surface area contributed by atoms with Gasteiger partial charge in [0.1, 0.15) is 0 Å². The van der Waals surface area contributed by atoms with Crippen molar-refractivity contribution in [3.8, 4) is 0 Å². The Morgan fingerprint density at radius 3 is 2.27 bits per heavy atom. The summed E-state index contributed by atoms with van der Waals surface area (Å²) in [6.45, 7) is 0. The molecule has 0 amide bonds. The van der Waals surface area contributed by atoms with Gasteiger partial charge in [-0.1, -0.05) is 75.5 Å². The fourth-order valence-electron chi connectivity index (χ4n) is 1.21. The van der Waals surface area contributed by atoms with Crippen molar-refractivity contribution in [2.24, 2.45) is 0 Å². The van der Waals surface area contributed by atoms with Crippen molar-refractivity contribution in [3.63, 3.8) is 0 Å². The molecule has 0 aliphatic rings. The van der Waals surface area contributed by atoms with E-state index in [0.717, 1.165) is 6.42 Å². The molecule has 0 aliphatic heterocycles. The van der Waals surface area contributed by atoms with Gasteiger partial charge >= 0.3 is 0 Å². The third-order valence-electron chi connectivity index (χ3n) is 2.01. The lowest BCUT2D eigenvalue weighted by molar-refractivity contribution is 0.598. The number of aryl methyl sites for hydroxylation is 1. The average molecular weight is 450 g/mol. The number of alkyl halides is 2. The summed E-state index contributed by atoms with van der Waals surface area (Å²) >= 11 is 3.88. The van der Waals surface area contributed by atoms with Gasteiger partial charge < -0.3 is 0 Å². The van der Waals surface area contributed by atoms with Crippen LogP contribution in [0.3, 0.4) is 0 Å². The second-order valence-electron chi connectivity index (χ2n) is 3.22. The lowest BCUT2D eigenvalue weighted by Crippen LogP contribution is -2.13. The summed E-state index contributed by atoms with van der Waals surface area (Å²) in [5.41, 5.74) is 1.20. The summed E-state index contributed by atoms with van der Waals surface area (Å²) in [5.74, 6) is 0.276. The lowest BCUT2D eigenvalue weighted by atomic mass is 10.1. The van der Waals surface area contributed by atoms with E-state index >= 15 is 0 Å². The highest BCUT2D eigenvalue weighted by Gasteiger charge is 2.18. The standard InChI is InChI=1S/C10H12I2O2S/c11-10(12)15(13,14)8-4-7-9-5-2-1-3-6-9/h1-3,5-6,10H,4,7-8H2. The minimum atomic E-state index is -2.90. The van der Waals surface area contributed by atoms with Gasteiger partial charge in [-0.05, 0) is 18.4 Å². The number of sulfone groups is 1. The van der Waals surface area contributed by atoms with Gasteiger partial charge in [-0.3, -0.25) is 0 Å². The van der Waals surface area contributed by atoms with Gasteiger partial charge in [0.05, 0.1) is 5.75 Å². The molecule has 0 aliphatic carbocycles. The van der Waals surface area contributed by atoms with E-state index in [0.29, 0.717) is 6.42 Å². The zero-order valence-electron chi connectivity index (χ0n) is 8.07. The molecule has 0 fully saturated rings. The van der Waals surface area contributed by atoms with Crippen LogP contribution >= 0.6 is 45.2 Å². The highest BCUT2D eigenvalue weighted by molar-refractivity contribution is 14.2. The van der Waals surface area contributed by atoms with E-state index in [4.69, 9.17) is 0 Å². The third-order valence-corrected chi connectivity index (χ3v) is 8.06. The molecule has 84 valence electrons. The first-order chi connectivity index (χ1) is 7.02. The second-order valence-corrected chi connectivity index (χ2v) is 12.0. The Balaban J connectivity index is 2.41. The molecule has 0 radical (unpaired) electrons. The topological polar surface area (TPSA) is 34.1 Å². The molecule has 0 saturated carbocycles. The van der Waals surface area contributed by atoms with Crippen molar-refractivity contribution in [2.75, 3.05) is 5.75 Å². The number of hydrogen-bond acceptors (Lipinski definition) is 2. The molecular weight excluding hydrogens is 438 g/mol. The maximum atomic E-state index is 11.5. The number of hydrogen-bond donors (Lipinski definition) is 0. The van der Waals surface area contributed by atoms with Crippen LogP contribution in [0.5, 0.6) is 0 Å². The Bertz CT molecular complexity index is 387. The molecule has 0 atom stereocenters. The van der Waals surface area contributed by atoms with E-state index in [9.17, 15) is 8.42 Å². The second kappa shape index (κ2) is 6.39. The normalized spacial score (nSPS) is 11.9. The average Bonchev–Trinajstić information content (AvgIpc) is 2.19. The Morgan fingerprint density at radius 2 is 1.73 bits per heavy atom. The van der Waals surface area contributed by atoms with Crippen LogP contribution in [0.25, 0.3) is 0 Å². The van der Waals surface area contributed by atoms with Gasteiger partial charge in [0.25, 0.3) is 0 Å². The molecule has 5 heteroatoms. The third kappa shape index (κ3) is 4.99. The van der Waals surface area contributed by atoms with Gasteiger partial charge in [0, 0.05) is 0 Å². The molecule has 1 aromatic rings. The SMILES string of the molecule is O=S(=O)(CCCc1ccccc1)C(I)I. The zero-order valence-corrected chi connectivity index (χ0v) is 13.2. The van der Waals surface area contributed by atoms with E-state index < -0.39 is 9.84 Å². The van der Waals surface area contributed by atoms with E-state index in [1.807, 2.05) is 75.5 Å². The van der Waals surface area contributed by atoms with Crippen LogP contribution in [0.15, 0.2) is 30.3 Å². The summed E-state index contributed by atoms with van der Waals surface area (Å²) in [6.07, 6.45) is 1.54. The van der Waals surface area contributed by atoms with E-state index in [1.54, 1.807) is 0 Å². The quantitative estimate of drug-likeness (QED) is 0.511. The molecule has 0 aromatic heterocycles. The van der Waals surface area contributed by atoms with Crippen molar-refractivity contribution >= 4 is 55.0 Å². The first-order valence-corrected chi connectivity index (χ1v) is 8.77. The molecule has 1 aromatic carbocycles. The van der Waals surface area contributed by atoms with E-state index in [2.05, 4.69) is 0 Å². The summed E-state index contributed by atoms with van der Waals surface area (Å²) in [6, 6.07) is 9.97. The van der Waals surface area contributed by atoms with Crippen molar-refractivity contribution in [2.45, 2.75) is 14.1 Å². The van der Waals surface area contributed by atoms with Crippen LogP contribution in [0.2, 0.25) is 0 Å². The molecule has 0 unspecified atom stereocenters. The van der Waals surface area contributed by atoms with Crippen molar-refractivity contribution < 1.29 is 8.42 Å². The minimum absolute atomic E-state index is 0.276. The van der Waals surface area contributed by atoms with Gasteiger partial charge in [0.15, 0.2) is 11.1 Å². The minimum Gasteiger partial charge on any atom is -0.227 e. The molecule has 0 N–H and O–H groups in total. The molecule has 2 nitrogen and oxygen atoms in total. The predicted molar refractivity (Wildman–Crippen MR) is 80.4 cm³/mol. The van der Waals surface area contributed by atoms with Crippen molar-refractivity contribution in [1.29, 1.82) is 0 Å². The van der Waals surface area contributed by atoms with Crippen LogP contribution in [-0.4, -0.2) is 15.4 Å². The monoisotopic (exact) mass is 450 g/mol. The molecule has 0 heterocycles. The number of rotatable bonds is 5. The van der Waals surface area contributed by atoms with Gasteiger partial charge in [-0.15, -0.1) is 0 Å². The fraction of sp³-hybridized carbons (Fsp3) is 0.400. The fourth-order valence-corrected chi connectivity index (χ4v) is 3.46. The predicted octanol–water partition coefficient (Wildman–Crippen LogP) is 3.19. The molecule has 0 bridgehead atoms. The maximum Gasteiger partial charge on any atom is 0.171 e. The van der Waals surface area contributed by atoms with Crippen LogP contribution in [-0.2, 0) is 16.3 Å². The number of halogens is 2. The Labute approximate surface area is 118 Å². The van der Waals surface area contributed by atoms with E-state index in [-0.39, 0.29) is 7.02 Å². The van der Waals surface area contributed by atoms with Crippen molar-refractivity contribution in [1.82, 2.24) is 0 Å². The molecule has 0 saturated heterocycles. The van der Waals surface area contributed by atoms with Crippen molar-refractivity contribution in [3.05, 3.63) is 35.9 Å². The smallest absolute Gasteiger partial charge is 0.171 e. The van der Waals surface area contributed by atoms with Crippen LogP contribution in [0, 0.1) is 0 Å². The zero-order chi connectivity index (χ0) is 11.3. The summed E-state index contributed by atoms with van der Waals surface area (Å²) in [5, 5.41) is 0. The molecule has 15 heavy (non-hydrogen) atoms. The highest BCUT2D eigenvalue weighted by Crippen LogP contribution is 2.19. The summed E-state index contributed by atoms with van der Waals surface area (Å²) in [7, 11) is -2.90. The summed E-state index contributed by atoms with van der Waals surface area (Å²) in [4.78, 5) is 0. The highest BCUT2D eigenvalue weighted by atomic mass is 127.